The Bertz CT molecular complexity index is 442. The van der Waals surface area contributed by atoms with Crippen molar-refractivity contribution in [2.45, 2.75) is 71.8 Å². The summed E-state index contributed by atoms with van der Waals surface area (Å²) in [5, 5.41) is 14.1. The van der Waals surface area contributed by atoms with E-state index in [0.717, 1.165) is 17.8 Å². The summed E-state index contributed by atoms with van der Waals surface area (Å²) in [6.07, 6.45) is 8.05. The normalized spacial score (nSPS) is 37.9. The summed E-state index contributed by atoms with van der Waals surface area (Å²) in [7, 11) is 0. The van der Waals surface area contributed by atoms with Crippen LogP contribution in [0.1, 0.15) is 65.7 Å². The van der Waals surface area contributed by atoms with Crippen molar-refractivity contribution in [2.24, 2.45) is 28.6 Å². The highest BCUT2D eigenvalue weighted by atomic mass is 16.4. The van der Waals surface area contributed by atoms with Crippen LogP contribution in [-0.4, -0.2) is 17.9 Å². The highest BCUT2D eigenvalue weighted by Crippen LogP contribution is 2.61. The summed E-state index contributed by atoms with van der Waals surface area (Å²) in [5.41, 5.74) is -0.386. The molecule has 4 saturated carbocycles. The van der Waals surface area contributed by atoms with E-state index in [4.69, 9.17) is 0 Å². The van der Waals surface area contributed by atoms with E-state index in [1.54, 1.807) is 0 Å². The third kappa shape index (κ3) is 3.02. The maximum Gasteiger partial charge on any atom is 0.221 e. The third-order valence-electron chi connectivity index (χ3n) is 6.11. The van der Waals surface area contributed by atoms with E-state index < -0.39 is 17.4 Å². The maximum atomic E-state index is 12.5. The molecule has 0 spiro atoms. The van der Waals surface area contributed by atoms with Crippen molar-refractivity contribution < 1.29 is 14.7 Å². The highest BCUT2D eigenvalue weighted by Gasteiger charge is 2.51. The summed E-state index contributed by atoms with van der Waals surface area (Å²) in [5.74, 6) is 1.12. The maximum absolute atomic E-state index is 12.5. The summed E-state index contributed by atoms with van der Waals surface area (Å²) in [6, 6.07) is -0.922. The molecule has 0 aromatic carbocycles. The Kier molecular flexibility index (Phi) is 3.77. The minimum absolute atomic E-state index is 0.105. The molecule has 4 nitrogen and oxygen atoms in total. The molecular formula is C18H28NO3-. The van der Waals surface area contributed by atoms with Crippen LogP contribution in [0.5, 0.6) is 0 Å². The molecule has 4 rings (SSSR count). The molecule has 0 radical (unpaired) electrons. The lowest BCUT2D eigenvalue weighted by Crippen LogP contribution is -2.56. The Morgan fingerprint density at radius 3 is 1.91 bits per heavy atom. The summed E-state index contributed by atoms with van der Waals surface area (Å²) in [4.78, 5) is 23.8. The van der Waals surface area contributed by atoms with Crippen LogP contribution in [0, 0.1) is 28.6 Å². The molecule has 4 aliphatic rings. The smallest absolute Gasteiger partial charge is 0.221 e. The number of carbonyl (C=O) groups is 2. The fourth-order valence-electron chi connectivity index (χ4n) is 5.69. The Hall–Kier alpha value is -1.06. The van der Waals surface area contributed by atoms with Gasteiger partial charge in [-0.05, 0) is 67.1 Å². The minimum Gasteiger partial charge on any atom is -0.548 e. The summed E-state index contributed by atoms with van der Waals surface area (Å²) in [6.45, 7) is 5.45. The molecule has 1 atom stereocenters. The first-order valence-electron chi connectivity index (χ1n) is 8.67. The number of hydrogen-bond donors (Lipinski definition) is 1. The van der Waals surface area contributed by atoms with Crippen LogP contribution in [0.3, 0.4) is 0 Å². The molecule has 0 saturated heterocycles. The number of carbonyl (C=O) groups excluding carboxylic acids is 2. The zero-order valence-corrected chi connectivity index (χ0v) is 14.0. The van der Waals surface area contributed by atoms with Crippen molar-refractivity contribution in [3.63, 3.8) is 0 Å². The number of carboxylic acids is 1. The average molecular weight is 306 g/mol. The Labute approximate surface area is 133 Å². The average Bonchev–Trinajstić information content (AvgIpc) is 2.31. The molecule has 0 aromatic rings. The second-order valence-electron chi connectivity index (χ2n) is 9.28. The molecule has 0 aliphatic heterocycles. The van der Waals surface area contributed by atoms with Crippen LogP contribution in [-0.2, 0) is 9.59 Å². The zero-order valence-electron chi connectivity index (χ0n) is 14.0. The molecule has 0 heterocycles. The number of amides is 1. The second kappa shape index (κ2) is 5.24. The van der Waals surface area contributed by atoms with Gasteiger partial charge in [0.15, 0.2) is 0 Å². The van der Waals surface area contributed by atoms with Gasteiger partial charge >= 0.3 is 0 Å². The Morgan fingerprint density at radius 1 is 1.09 bits per heavy atom. The first kappa shape index (κ1) is 15.8. The van der Waals surface area contributed by atoms with Gasteiger partial charge in [0.1, 0.15) is 0 Å². The van der Waals surface area contributed by atoms with E-state index in [2.05, 4.69) is 5.32 Å². The molecule has 1 amide bonds. The molecule has 0 unspecified atom stereocenters. The van der Waals surface area contributed by atoms with Gasteiger partial charge in [-0.1, -0.05) is 20.8 Å². The molecule has 0 aromatic heterocycles. The van der Waals surface area contributed by atoms with Crippen LogP contribution in [0.25, 0.3) is 0 Å². The standard InChI is InChI=1S/C18H29NO3/c1-17(2,3)15(16(21)22)19-14(20)10-18-7-11-4-12(8-18)6-13(5-11)9-18/h11-13,15H,4-10H2,1-3H3,(H,19,20)(H,21,22)/p-1/t11?,12?,13?,15-,18?/m0/s1. The lowest BCUT2D eigenvalue weighted by Gasteiger charge is -2.56. The molecule has 22 heavy (non-hydrogen) atoms. The van der Waals surface area contributed by atoms with E-state index in [-0.39, 0.29) is 11.3 Å². The molecule has 1 N–H and O–H groups in total. The minimum atomic E-state index is -1.19. The van der Waals surface area contributed by atoms with Gasteiger partial charge < -0.3 is 15.2 Å². The molecule has 4 fully saturated rings. The van der Waals surface area contributed by atoms with Crippen LogP contribution in [0.2, 0.25) is 0 Å². The van der Waals surface area contributed by atoms with Crippen molar-refractivity contribution in [2.75, 3.05) is 0 Å². The monoisotopic (exact) mass is 306 g/mol. The predicted molar refractivity (Wildman–Crippen MR) is 81.6 cm³/mol. The summed E-state index contributed by atoms with van der Waals surface area (Å²) >= 11 is 0. The van der Waals surface area contributed by atoms with Gasteiger partial charge in [0.25, 0.3) is 0 Å². The number of hydrogen-bond acceptors (Lipinski definition) is 3. The van der Waals surface area contributed by atoms with Crippen LogP contribution >= 0.6 is 0 Å². The van der Waals surface area contributed by atoms with Crippen LogP contribution in [0.15, 0.2) is 0 Å². The topological polar surface area (TPSA) is 69.2 Å². The highest BCUT2D eigenvalue weighted by molar-refractivity contribution is 5.83. The van der Waals surface area contributed by atoms with Gasteiger partial charge in [0, 0.05) is 6.42 Å². The number of carboxylic acid groups (broad SMARTS) is 1. The lowest BCUT2D eigenvalue weighted by molar-refractivity contribution is -0.310. The molecule has 124 valence electrons. The van der Waals surface area contributed by atoms with Crippen molar-refractivity contribution >= 4 is 11.9 Å². The summed E-state index contributed by atoms with van der Waals surface area (Å²) < 4.78 is 0. The van der Waals surface area contributed by atoms with Crippen molar-refractivity contribution in [3.8, 4) is 0 Å². The van der Waals surface area contributed by atoms with Crippen molar-refractivity contribution in [1.82, 2.24) is 5.32 Å². The number of aliphatic carboxylic acids is 1. The fraction of sp³-hybridized carbons (Fsp3) is 0.889. The Morgan fingerprint density at radius 2 is 1.55 bits per heavy atom. The SMILES string of the molecule is CC(C)(C)[C@@H](NC(=O)CC12CC3CC(CC(C3)C1)C2)C(=O)[O-]. The molecule has 4 bridgehead atoms. The quantitative estimate of drug-likeness (QED) is 0.862. The first-order valence-corrected chi connectivity index (χ1v) is 8.67. The fourth-order valence-corrected chi connectivity index (χ4v) is 5.69. The second-order valence-corrected chi connectivity index (χ2v) is 9.28. The van der Waals surface area contributed by atoms with E-state index in [9.17, 15) is 14.7 Å². The van der Waals surface area contributed by atoms with E-state index >= 15 is 0 Å². The van der Waals surface area contributed by atoms with Gasteiger partial charge in [-0.25, -0.2) is 0 Å². The van der Waals surface area contributed by atoms with Gasteiger partial charge in [-0.3, -0.25) is 4.79 Å². The number of nitrogens with one attached hydrogen (secondary N) is 1. The molecular weight excluding hydrogens is 278 g/mol. The number of rotatable bonds is 4. The first-order chi connectivity index (χ1) is 10.2. The van der Waals surface area contributed by atoms with Gasteiger partial charge in [-0.2, -0.15) is 0 Å². The largest absolute Gasteiger partial charge is 0.548 e. The van der Waals surface area contributed by atoms with E-state index in [0.29, 0.717) is 6.42 Å². The molecule has 4 aliphatic carbocycles. The van der Waals surface area contributed by atoms with Gasteiger partial charge in [0.2, 0.25) is 5.91 Å². The van der Waals surface area contributed by atoms with E-state index in [1.807, 2.05) is 20.8 Å². The van der Waals surface area contributed by atoms with Crippen molar-refractivity contribution in [1.29, 1.82) is 0 Å². The third-order valence-corrected chi connectivity index (χ3v) is 6.11. The Balaban J connectivity index is 1.65. The van der Waals surface area contributed by atoms with Gasteiger partial charge in [0.05, 0.1) is 12.0 Å². The molecule has 4 heteroatoms. The van der Waals surface area contributed by atoms with E-state index in [1.165, 1.54) is 38.5 Å². The predicted octanol–water partition coefficient (Wildman–Crippen LogP) is 1.87. The van der Waals surface area contributed by atoms with Crippen molar-refractivity contribution in [3.05, 3.63) is 0 Å². The van der Waals surface area contributed by atoms with Crippen LogP contribution < -0.4 is 10.4 Å². The lowest BCUT2D eigenvalue weighted by atomic mass is 9.49. The zero-order chi connectivity index (χ0) is 16.1. The van der Waals surface area contributed by atoms with Gasteiger partial charge in [-0.15, -0.1) is 0 Å². The van der Waals surface area contributed by atoms with Crippen LogP contribution in [0.4, 0.5) is 0 Å².